The highest BCUT2D eigenvalue weighted by Gasteiger charge is 2.26. The fourth-order valence-corrected chi connectivity index (χ4v) is 3.88. The lowest BCUT2D eigenvalue weighted by molar-refractivity contribution is -0.142. The van der Waals surface area contributed by atoms with Crippen LogP contribution in [0.2, 0.25) is 0 Å². The van der Waals surface area contributed by atoms with Crippen molar-refractivity contribution in [3.63, 3.8) is 0 Å². The van der Waals surface area contributed by atoms with Crippen LogP contribution in [0.5, 0.6) is 5.75 Å². The summed E-state index contributed by atoms with van der Waals surface area (Å²) >= 11 is 0. The van der Waals surface area contributed by atoms with Gasteiger partial charge in [-0.15, -0.1) is 0 Å². The summed E-state index contributed by atoms with van der Waals surface area (Å²) in [6, 6.07) is 9.00. The van der Waals surface area contributed by atoms with Crippen molar-refractivity contribution >= 4 is 32.7 Å². The van der Waals surface area contributed by atoms with Crippen molar-refractivity contribution in [2.75, 3.05) is 20.8 Å². The summed E-state index contributed by atoms with van der Waals surface area (Å²) in [7, 11) is -1.23. The molecule has 0 heterocycles. The molecule has 0 radical (unpaired) electrons. The van der Waals surface area contributed by atoms with E-state index in [9.17, 15) is 13.2 Å². The summed E-state index contributed by atoms with van der Waals surface area (Å²) in [6.45, 7) is 0.271. The van der Waals surface area contributed by atoms with Gasteiger partial charge in [0.25, 0.3) is 0 Å². The maximum Gasteiger partial charge on any atom is 0.323 e. The Morgan fingerprint density at radius 2 is 1.86 bits per heavy atom. The third-order valence-corrected chi connectivity index (χ3v) is 5.53. The number of sulfonamides is 1. The normalized spacial score (nSPS) is 12.4. The van der Waals surface area contributed by atoms with Crippen molar-refractivity contribution in [3.05, 3.63) is 36.4 Å². The molecule has 0 saturated carbocycles. The number of carbonyl (C=O) groups is 1. The molecule has 0 spiro atoms. The topological polar surface area (TPSA) is 146 Å². The van der Waals surface area contributed by atoms with E-state index in [2.05, 4.69) is 9.71 Å². The number of esters is 1. The van der Waals surface area contributed by atoms with Crippen LogP contribution in [0.3, 0.4) is 0 Å². The van der Waals surface area contributed by atoms with Crippen LogP contribution in [0.15, 0.2) is 46.3 Å². The summed E-state index contributed by atoms with van der Waals surface area (Å²) in [4.78, 5) is 15.8. The van der Waals surface area contributed by atoms with Crippen LogP contribution in [0.4, 0.5) is 0 Å². The van der Waals surface area contributed by atoms with E-state index >= 15 is 0 Å². The SMILES string of the molecule is COC(=O)[C@H](CCCN=C(N)N)NS(=O)(=O)c1ccc2ccc(OC)cc2c1. The second-order valence-corrected chi connectivity index (χ2v) is 7.73. The Morgan fingerprint density at radius 1 is 1.14 bits per heavy atom. The van der Waals surface area contributed by atoms with Gasteiger partial charge in [-0.2, -0.15) is 4.72 Å². The number of aliphatic imine (C=N–C) groups is 1. The van der Waals surface area contributed by atoms with E-state index in [4.69, 9.17) is 20.9 Å². The van der Waals surface area contributed by atoms with Gasteiger partial charge in [-0.25, -0.2) is 8.42 Å². The largest absolute Gasteiger partial charge is 0.497 e. The van der Waals surface area contributed by atoms with Gasteiger partial charge in [0.05, 0.1) is 19.1 Å². The molecule has 0 aliphatic carbocycles. The van der Waals surface area contributed by atoms with Gasteiger partial charge in [0.15, 0.2) is 5.96 Å². The van der Waals surface area contributed by atoms with E-state index in [0.717, 1.165) is 5.39 Å². The lowest BCUT2D eigenvalue weighted by atomic mass is 10.1. The number of fused-ring (bicyclic) bond motifs is 1. The molecule has 0 fully saturated rings. The van der Waals surface area contributed by atoms with Crippen molar-refractivity contribution in [1.29, 1.82) is 0 Å². The van der Waals surface area contributed by atoms with E-state index in [1.54, 1.807) is 18.2 Å². The Hall–Kier alpha value is -2.85. The summed E-state index contributed by atoms with van der Waals surface area (Å²) < 4.78 is 37.8. The third kappa shape index (κ3) is 5.57. The van der Waals surface area contributed by atoms with Gasteiger partial charge in [0, 0.05) is 6.54 Å². The minimum atomic E-state index is -3.96. The number of benzene rings is 2. The van der Waals surface area contributed by atoms with Gasteiger partial charge in [-0.05, 0) is 47.9 Å². The van der Waals surface area contributed by atoms with Gasteiger partial charge in [-0.3, -0.25) is 9.79 Å². The number of methoxy groups -OCH3 is 2. The minimum absolute atomic E-state index is 0.0337. The first-order chi connectivity index (χ1) is 13.3. The smallest absolute Gasteiger partial charge is 0.323 e. The highest BCUT2D eigenvalue weighted by molar-refractivity contribution is 7.89. The predicted molar refractivity (Wildman–Crippen MR) is 107 cm³/mol. The van der Waals surface area contributed by atoms with Crippen LogP contribution in [0, 0.1) is 0 Å². The van der Waals surface area contributed by atoms with Crippen LogP contribution >= 0.6 is 0 Å². The van der Waals surface area contributed by atoms with Gasteiger partial charge in [-0.1, -0.05) is 12.1 Å². The number of guanidine groups is 1. The van der Waals surface area contributed by atoms with E-state index in [1.165, 1.54) is 26.4 Å². The molecular weight excluding hydrogens is 384 g/mol. The Kier molecular flexibility index (Phi) is 7.18. The summed E-state index contributed by atoms with van der Waals surface area (Å²) in [6.07, 6.45) is 0.583. The van der Waals surface area contributed by atoms with E-state index in [1.807, 2.05) is 6.07 Å². The third-order valence-electron chi connectivity index (χ3n) is 4.06. The number of hydrogen-bond donors (Lipinski definition) is 3. The molecule has 2 rings (SSSR count). The number of carbonyl (C=O) groups excluding carboxylic acids is 1. The number of nitrogens with one attached hydrogen (secondary N) is 1. The van der Waals surface area contributed by atoms with Crippen LogP contribution in [-0.2, 0) is 19.6 Å². The summed E-state index contributed by atoms with van der Waals surface area (Å²) in [5.41, 5.74) is 10.5. The number of nitrogens with two attached hydrogens (primary N) is 2. The molecule has 2 aromatic carbocycles. The lowest BCUT2D eigenvalue weighted by Crippen LogP contribution is -2.41. The van der Waals surface area contributed by atoms with E-state index in [-0.39, 0.29) is 23.8 Å². The first-order valence-electron chi connectivity index (χ1n) is 8.50. The molecule has 1 atom stereocenters. The zero-order valence-corrected chi connectivity index (χ0v) is 16.5. The van der Waals surface area contributed by atoms with Crippen molar-refractivity contribution in [3.8, 4) is 5.75 Å². The molecule has 0 saturated heterocycles. The predicted octanol–water partition coefficient (Wildman–Crippen LogP) is 0.722. The van der Waals surface area contributed by atoms with Crippen LogP contribution in [-0.4, -0.2) is 47.2 Å². The number of ether oxygens (including phenoxy) is 2. The van der Waals surface area contributed by atoms with Gasteiger partial charge in [0.1, 0.15) is 11.8 Å². The van der Waals surface area contributed by atoms with Gasteiger partial charge < -0.3 is 20.9 Å². The molecule has 2 aromatic rings. The van der Waals surface area contributed by atoms with Crippen molar-refractivity contribution in [2.45, 2.75) is 23.8 Å². The van der Waals surface area contributed by atoms with Crippen LogP contribution in [0.25, 0.3) is 10.8 Å². The van der Waals surface area contributed by atoms with Crippen molar-refractivity contribution in [2.24, 2.45) is 16.5 Å². The fourth-order valence-electron chi connectivity index (χ4n) is 2.62. The highest BCUT2D eigenvalue weighted by Crippen LogP contribution is 2.24. The van der Waals surface area contributed by atoms with Gasteiger partial charge >= 0.3 is 5.97 Å². The molecule has 0 amide bonds. The highest BCUT2D eigenvalue weighted by atomic mass is 32.2. The molecule has 0 bridgehead atoms. The first kappa shape index (κ1) is 21.5. The lowest BCUT2D eigenvalue weighted by Gasteiger charge is -2.16. The number of nitrogens with zero attached hydrogens (tertiary/aromatic N) is 1. The minimum Gasteiger partial charge on any atom is -0.497 e. The molecule has 0 aromatic heterocycles. The molecule has 0 aliphatic rings. The zero-order valence-electron chi connectivity index (χ0n) is 15.7. The maximum absolute atomic E-state index is 12.8. The molecule has 0 aliphatic heterocycles. The number of hydrogen-bond acceptors (Lipinski definition) is 6. The van der Waals surface area contributed by atoms with E-state index < -0.39 is 22.0 Å². The van der Waals surface area contributed by atoms with Crippen LogP contribution < -0.4 is 20.9 Å². The quantitative estimate of drug-likeness (QED) is 0.240. The molecule has 0 unspecified atom stereocenters. The molecule has 5 N–H and O–H groups in total. The van der Waals surface area contributed by atoms with E-state index in [0.29, 0.717) is 17.6 Å². The Labute approximate surface area is 163 Å². The summed E-state index contributed by atoms with van der Waals surface area (Å²) in [5.74, 6) is -0.139. The average Bonchev–Trinajstić information content (AvgIpc) is 2.68. The standard InChI is InChI=1S/C18H24N4O5S/c1-26-14-7-5-12-6-8-15(11-13(12)10-14)28(24,25)22-16(17(23)27-2)4-3-9-21-18(19)20/h5-8,10-11,16,22H,3-4,9H2,1-2H3,(H4,19,20,21)/t16-/m0/s1. The Morgan fingerprint density at radius 3 is 2.50 bits per heavy atom. The summed E-state index contributed by atoms with van der Waals surface area (Å²) in [5, 5.41) is 1.56. The second-order valence-electron chi connectivity index (χ2n) is 6.02. The fraction of sp³-hybridized carbons (Fsp3) is 0.333. The Bertz CT molecular complexity index is 971. The molecule has 152 valence electrons. The zero-order chi connectivity index (χ0) is 20.7. The monoisotopic (exact) mass is 408 g/mol. The average molecular weight is 408 g/mol. The molecule has 10 heteroatoms. The second kappa shape index (κ2) is 9.38. The molecule has 9 nitrogen and oxygen atoms in total. The number of rotatable bonds is 9. The van der Waals surface area contributed by atoms with Crippen molar-refractivity contribution < 1.29 is 22.7 Å². The molecule has 28 heavy (non-hydrogen) atoms. The maximum atomic E-state index is 12.8. The van der Waals surface area contributed by atoms with Crippen molar-refractivity contribution in [1.82, 2.24) is 4.72 Å². The van der Waals surface area contributed by atoms with Crippen LogP contribution in [0.1, 0.15) is 12.8 Å². The molecular formula is C18H24N4O5S. The first-order valence-corrected chi connectivity index (χ1v) is 9.98. The Balaban J connectivity index is 2.23. The van der Waals surface area contributed by atoms with Gasteiger partial charge in [0.2, 0.25) is 10.0 Å².